The van der Waals surface area contributed by atoms with Gasteiger partial charge in [-0.2, -0.15) is 5.26 Å². The highest BCUT2D eigenvalue weighted by atomic mass is 15.0. The molecule has 0 unspecified atom stereocenters. The molecule has 0 radical (unpaired) electrons. The summed E-state index contributed by atoms with van der Waals surface area (Å²) in [7, 11) is 0. The van der Waals surface area contributed by atoms with Crippen LogP contribution in [-0.4, -0.2) is 11.5 Å². The van der Waals surface area contributed by atoms with E-state index in [0.717, 1.165) is 5.82 Å². The number of pyridine rings is 1. The first-order valence-electron chi connectivity index (χ1n) is 4.81. The smallest absolute Gasteiger partial charge is 0.125 e. The van der Waals surface area contributed by atoms with Gasteiger partial charge in [-0.1, -0.05) is 19.9 Å². The van der Waals surface area contributed by atoms with E-state index in [1.54, 1.807) is 0 Å². The first kappa shape index (κ1) is 10.5. The fourth-order valence-electron chi connectivity index (χ4n) is 1.10. The summed E-state index contributed by atoms with van der Waals surface area (Å²) in [4.78, 5) is 4.25. The molecule has 1 N–H and O–H groups in total. The van der Waals surface area contributed by atoms with E-state index < -0.39 is 0 Å². The van der Waals surface area contributed by atoms with Gasteiger partial charge in [-0.05, 0) is 17.5 Å². The van der Waals surface area contributed by atoms with Crippen LogP contribution in [0.15, 0.2) is 18.3 Å². The lowest BCUT2D eigenvalue weighted by molar-refractivity contribution is 0.858. The fourth-order valence-corrected chi connectivity index (χ4v) is 1.10. The molecule has 0 bridgehead atoms. The molecule has 0 amide bonds. The molecule has 74 valence electrons. The number of aromatic nitrogens is 1. The van der Waals surface area contributed by atoms with Crippen LogP contribution in [0.1, 0.15) is 31.7 Å². The number of anilines is 1. The summed E-state index contributed by atoms with van der Waals surface area (Å²) in [5.41, 5.74) is 1.23. The Hall–Kier alpha value is -1.56. The fraction of sp³-hybridized carbons (Fsp3) is 0.455. The maximum absolute atomic E-state index is 8.35. The third-order valence-corrected chi connectivity index (χ3v) is 2.00. The van der Waals surface area contributed by atoms with Crippen molar-refractivity contribution in [3.05, 3.63) is 23.9 Å². The first-order valence-corrected chi connectivity index (χ1v) is 4.81. The molecule has 0 fully saturated rings. The number of nitrogens with one attached hydrogen (secondary N) is 1. The monoisotopic (exact) mass is 189 g/mol. The quantitative estimate of drug-likeness (QED) is 0.740. The van der Waals surface area contributed by atoms with Crippen molar-refractivity contribution in [2.45, 2.75) is 26.2 Å². The van der Waals surface area contributed by atoms with Crippen molar-refractivity contribution in [1.29, 1.82) is 5.26 Å². The van der Waals surface area contributed by atoms with E-state index in [-0.39, 0.29) is 0 Å². The molecule has 3 heteroatoms. The van der Waals surface area contributed by atoms with E-state index in [2.05, 4.69) is 36.3 Å². The van der Waals surface area contributed by atoms with Crippen molar-refractivity contribution < 1.29 is 0 Å². The zero-order valence-corrected chi connectivity index (χ0v) is 8.62. The number of nitrogens with zero attached hydrogens (tertiary/aromatic N) is 2. The molecule has 0 spiro atoms. The Morgan fingerprint density at radius 1 is 1.50 bits per heavy atom. The van der Waals surface area contributed by atoms with E-state index in [9.17, 15) is 0 Å². The second kappa shape index (κ2) is 5.23. The zero-order valence-electron chi connectivity index (χ0n) is 8.62. The van der Waals surface area contributed by atoms with E-state index in [1.165, 1.54) is 5.56 Å². The Kier molecular flexibility index (Phi) is 3.93. The van der Waals surface area contributed by atoms with Gasteiger partial charge < -0.3 is 5.32 Å². The zero-order chi connectivity index (χ0) is 10.4. The Labute approximate surface area is 84.8 Å². The Balaban J connectivity index is 2.52. The summed E-state index contributed by atoms with van der Waals surface area (Å²) >= 11 is 0. The predicted octanol–water partition coefficient (Wildman–Crippen LogP) is 2.53. The van der Waals surface area contributed by atoms with Gasteiger partial charge >= 0.3 is 0 Å². The topological polar surface area (TPSA) is 48.7 Å². The SMILES string of the molecule is CC(C)c1ccc(NCCC#N)nc1. The van der Waals surface area contributed by atoms with Crippen LogP contribution in [0.25, 0.3) is 0 Å². The van der Waals surface area contributed by atoms with E-state index in [0.29, 0.717) is 18.9 Å². The van der Waals surface area contributed by atoms with Crippen molar-refractivity contribution in [3.8, 4) is 6.07 Å². The Morgan fingerprint density at radius 2 is 2.29 bits per heavy atom. The van der Waals surface area contributed by atoms with Crippen molar-refractivity contribution >= 4 is 5.82 Å². The van der Waals surface area contributed by atoms with Gasteiger partial charge in [0.05, 0.1) is 12.5 Å². The first-order chi connectivity index (χ1) is 6.74. The summed E-state index contributed by atoms with van der Waals surface area (Å²) < 4.78 is 0. The van der Waals surface area contributed by atoms with E-state index in [1.807, 2.05) is 12.3 Å². The highest BCUT2D eigenvalue weighted by Gasteiger charge is 1.98. The van der Waals surface area contributed by atoms with Crippen molar-refractivity contribution in [2.75, 3.05) is 11.9 Å². The maximum Gasteiger partial charge on any atom is 0.125 e. The molecular formula is C11H15N3. The van der Waals surface area contributed by atoms with Gasteiger partial charge in [0, 0.05) is 12.7 Å². The van der Waals surface area contributed by atoms with Gasteiger partial charge in [-0.15, -0.1) is 0 Å². The highest BCUT2D eigenvalue weighted by Crippen LogP contribution is 2.14. The second-order valence-corrected chi connectivity index (χ2v) is 3.47. The summed E-state index contributed by atoms with van der Waals surface area (Å²) in [6, 6.07) is 6.09. The second-order valence-electron chi connectivity index (χ2n) is 3.47. The molecule has 0 aromatic carbocycles. The Bertz CT molecular complexity index is 308. The molecule has 1 aromatic rings. The molecule has 0 aliphatic heterocycles. The third-order valence-electron chi connectivity index (χ3n) is 2.00. The van der Waals surface area contributed by atoms with Gasteiger partial charge in [-0.25, -0.2) is 4.98 Å². The lowest BCUT2D eigenvalue weighted by Crippen LogP contribution is -2.02. The van der Waals surface area contributed by atoms with Crippen molar-refractivity contribution in [2.24, 2.45) is 0 Å². The molecule has 1 aromatic heterocycles. The number of hydrogen-bond acceptors (Lipinski definition) is 3. The molecule has 0 saturated carbocycles. The maximum atomic E-state index is 8.35. The van der Waals surface area contributed by atoms with Gasteiger partial charge in [-0.3, -0.25) is 0 Å². The summed E-state index contributed by atoms with van der Waals surface area (Å²) in [5, 5.41) is 11.4. The van der Waals surface area contributed by atoms with Crippen LogP contribution in [0.2, 0.25) is 0 Å². The minimum absolute atomic E-state index is 0.508. The van der Waals surface area contributed by atoms with Crippen molar-refractivity contribution in [1.82, 2.24) is 4.98 Å². The molecule has 3 nitrogen and oxygen atoms in total. The molecule has 0 saturated heterocycles. The standard InChI is InChI=1S/C11H15N3/c1-9(2)10-4-5-11(14-8-10)13-7-3-6-12/h4-5,8-9H,3,7H2,1-2H3,(H,13,14). The molecule has 1 rings (SSSR count). The van der Waals surface area contributed by atoms with Gasteiger partial charge in [0.15, 0.2) is 0 Å². The van der Waals surface area contributed by atoms with Gasteiger partial charge in [0.25, 0.3) is 0 Å². The molecule has 0 aliphatic carbocycles. The summed E-state index contributed by atoms with van der Waals surface area (Å²) in [5.74, 6) is 1.35. The largest absolute Gasteiger partial charge is 0.369 e. The van der Waals surface area contributed by atoms with Crippen LogP contribution < -0.4 is 5.32 Å². The molecular weight excluding hydrogens is 174 g/mol. The van der Waals surface area contributed by atoms with Crippen molar-refractivity contribution in [3.63, 3.8) is 0 Å². The highest BCUT2D eigenvalue weighted by molar-refractivity contribution is 5.36. The minimum Gasteiger partial charge on any atom is -0.369 e. The van der Waals surface area contributed by atoms with Crippen LogP contribution in [0, 0.1) is 11.3 Å². The lowest BCUT2D eigenvalue weighted by Gasteiger charge is -2.06. The molecule has 1 heterocycles. The van der Waals surface area contributed by atoms with Gasteiger partial charge in [0.2, 0.25) is 0 Å². The molecule has 14 heavy (non-hydrogen) atoms. The van der Waals surface area contributed by atoms with E-state index >= 15 is 0 Å². The average Bonchev–Trinajstić information content (AvgIpc) is 2.19. The third kappa shape index (κ3) is 3.06. The summed E-state index contributed by atoms with van der Waals surface area (Å²) in [6.45, 7) is 4.93. The molecule has 0 aliphatic rings. The number of hydrogen-bond donors (Lipinski definition) is 1. The lowest BCUT2D eigenvalue weighted by atomic mass is 10.1. The number of nitriles is 1. The van der Waals surface area contributed by atoms with Crippen LogP contribution in [0.5, 0.6) is 0 Å². The summed E-state index contributed by atoms with van der Waals surface area (Å²) in [6.07, 6.45) is 2.38. The minimum atomic E-state index is 0.508. The van der Waals surface area contributed by atoms with Gasteiger partial charge in [0.1, 0.15) is 5.82 Å². The van der Waals surface area contributed by atoms with Crippen LogP contribution in [0.4, 0.5) is 5.82 Å². The van der Waals surface area contributed by atoms with Crippen LogP contribution >= 0.6 is 0 Å². The number of rotatable bonds is 4. The molecule has 0 atom stereocenters. The van der Waals surface area contributed by atoms with Crippen LogP contribution in [-0.2, 0) is 0 Å². The average molecular weight is 189 g/mol. The van der Waals surface area contributed by atoms with E-state index in [4.69, 9.17) is 5.26 Å². The van der Waals surface area contributed by atoms with Crippen LogP contribution in [0.3, 0.4) is 0 Å². The normalized spacial score (nSPS) is 9.86. The predicted molar refractivity (Wildman–Crippen MR) is 57.0 cm³/mol. The Morgan fingerprint density at radius 3 is 2.79 bits per heavy atom.